The molecule has 1 aliphatic heterocycles. The first-order valence-corrected chi connectivity index (χ1v) is 11.6. The van der Waals surface area contributed by atoms with Crippen LogP contribution in [0.4, 0.5) is 0 Å². The van der Waals surface area contributed by atoms with Crippen LogP contribution in [0.3, 0.4) is 0 Å². The van der Waals surface area contributed by atoms with Gasteiger partial charge in [-0.3, -0.25) is 4.90 Å². The van der Waals surface area contributed by atoms with Gasteiger partial charge in [0, 0.05) is 38.3 Å². The second-order valence-electron chi connectivity index (χ2n) is 7.92. The van der Waals surface area contributed by atoms with Crippen molar-refractivity contribution in [2.45, 2.75) is 20.1 Å². The lowest BCUT2D eigenvalue weighted by Gasteiger charge is -2.36. The summed E-state index contributed by atoms with van der Waals surface area (Å²) in [5.41, 5.74) is 3.49. The van der Waals surface area contributed by atoms with Gasteiger partial charge in [0.05, 0.1) is 6.61 Å². The van der Waals surface area contributed by atoms with Crippen molar-refractivity contribution in [2.24, 2.45) is 0 Å². The van der Waals surface area contributed by atoms with Crippen LogP contribution in [0, 0.1) is 0 Å². The van der Waals surface area contributed by atoms with Crippen molar-refractivity contribution in [2.75, 3.05) is 32.8 Å². The number of ether oxygens (including phenoxy) is 2. The van der Waals surface area contributed by atoms with Gasteiger partial charge in [0.1, 0.15) is 11.6 Å². The molecule has 1 heterocycles. The summed E-state index contributed by atoms with van der Waals surface area (Å²) in [5.74, 6) is 1.49. The van der Waals surface area contributed by atoms with Crippen LogP contribution in [0.25, 0.3) is 0 Å². The van der Waals surface area contributed by atoms with E-state index in [1.165, 1.54) is 5.56 Å². The zero-order chi connectivity index (χ0) is 22.2. The number of rotatable bonds is 8. The summed E-state index contributed by atoms with van der Waals surface area (Å²) in [6.07, 6.45) is 0. The molecule has 0 aliphatic carbocycles. The first kappa shape index (κ1) is 22.3. The molecule has 32 heavy (non-hydrogen) atoms. The zero-order valence-corrected chi connectivity index (χ0v) is 19.4. The SMILES string of the molecule is CCOc1cc(C(=S)N2CCN(Cc3ccccc3)CC2)ccc1OCc1ccccc1. The second kappa shape index (κ2) is 11.1. The van der Waals surface area contributed by atoms with Crippen LogP contribution in [0.15, 0.2) is 78.9 Å². The third-order valence-electron chi connectivity index (χ3n) is 5.64. The number of benzene rings is 3. The normalized spacial score (nSPS) is 14.2. The van der Waals surface area contributed by atoms with Crippen LogP contribution < -0.4 is 9.47 Å². The van der Waals surface area contributed by atoms with Crippen molar-refractivity contribution < 1.29 is 9.47 Å². The van der Waals surface area contributed by atoms with Crippen molar-refractivity contribution in [1.82, 2.24) is 9.80 Å². The number of hydrogen-bond donors (Lipinski definition) is 0. The van der Waals surface area contributed by atoms with Gasteiger partial charge < -0.3 is 14.4 Å². The highest BCUT2D eigenvalue weighted by Gasteiger charge is 2.21. The fourth-order valence-electron chi connectivity index (χ4n) is 3.90. The molecule has 0 saturated carbocycles. The standard InChI is InChI=1S/C27H30N2O2S/c1-2-30-26-19-24(13-14-25(26)31-21-23-11-7-4-8-12-23)27(32)29-17-15-28(16-18-29)20-22-9-5-3-6-10-22/h3-14,19H,2,15-18,20-21H2,1H3. The molecule has 4 rings (SSSR count). The van der Waals surface area contributed by atoms with Crippen molar-refractivity contribution >= 4 is 17.2 Å². The molecule has 1 fully saturated rings. The lowest BCUT2D eigenvalue weighted by atomic mass is 10.1. The molecule has 3 aromatic carbocycles. The van der Waals surface area contributed by atoms with E-state index in [-0.39, 0.29) is 0 Å². The fourth-order valence-corrected chi connectivity index (χ4v) is 4.21. The molecule has 0 atom stereocenters. The first-order chi connectivity index (χ1) is 15.7. The molecule has 1 saturated heterocycles. The van der Waals surface area contributed by atoms with Gasteiger partial charge in [-0.25, -0.2) is 0 Å². The molecular weight excluding hydrogens is 416 g/mol. The average molecular weight is 447 g/mol. The molecule has 0 unspecified atom stereocenters. The van der Waals surface area contributed by atoms with Crippen LogP contribution in [0.5, 0.6) is 11.5 Å². The molecule has 0 bridgehead atoms. The Morgan fingerprint density at radius 1 is 0.781 bits per heavy atom. The maximum atomic E-state index is 6.04. The van der Waals surface area contributed by atoms with Crippen LogP contribution >= 0.6 is 12.2 Å². The molecule has 1 aliphatic rings. The highest BCUT2D eigenvalue weighted by Crippen LogP contribution is 2.30. The molecule has 0 amide bonds. The number of piperazine rings is 1. The van der Waals surface area contributed by atoms with E-state index in [0.29, 0.717) is 13.2 Å². The second-order valence-corrected chi connectivity index (χ2v) is 8.31. The van der Waals surface area contributed by atoms with E-state index < -0.39 is 0 Å². The van der Waals surface area contributed by atoms with Gasteiger partial charge >= 0.3 is 0 Å². The van der Waals surface area contributed by atoms with E-state index in [9.17, 15) is 0 Å². The molecule has 0 radical (unpaired) electrons. The Balaban J connectivity index is 1.37. The maximum absolute atomic E-state index is 6.04. The predicted octanol–water partition coefficient (Wildman–Crippen LogP) is 5.16. The Hall–Kier alpha value is -2.89. The minimum absolute atomic E-state index is 0.508. The minimum atomic E-state index is 0.508. The molecule has 0 N–H and O–H groups in total. The number of nitrogens with zero attached hydrogens (tertiary/aromatic N) is 2. The van der Waals surface area contributed by atoms with Crippen molar-refractivity contribution in [3.63, 3.8) is 0 Å². The summed E-state index contributed by atoms with van der Waals surface area (Å²) < 4.78 is 11.9. The van der Waals surface area contributed by atoms with E-state index in [2.05, 4.69) is 52.3 Å². The van der Waals surface area contributed by atoms with E-state index in [1.807, 2.05) is 43.3 Å². The van der Waals surface area contributed by atoms with E-state index in [0.717, 1.165) is 60.3 Å². The lowest BCUT2D eigenvalue weighted by molar-refractivity contribution is 0.177. The van der Waals surface area contributed by atoms with Crippen molar-refractivity contribution in [3.8, 4) is 11.5 Å². The molecule has 3 aromatic rings. The van der Waals surface area contributed by atoms with Crippen LogP contribution in [0.2, 0.25) is 0 Å². The molecule has 0 aromatic heterocycles. The van der Waals surface area contributed by atoms with Crippen LogP contribution in [-0.2, 0) is 13.2 Å². The highest BCUT2D eigenvalue weighted by molar-refractivity contribution is 7.80. The summed E-state index contributed by atoms with van der Waals surface area (Å²) in [4.78, 5) is 5.66. The largest absolute Gasteiger partial charge is 0.490 e. The summed E-state index contributed by atoms with van der Waals surface area (Å²) in [6, 6.07) is 26.8. The summed E-state index contributed by atoms with van der Waals surface area (Å²) >= 11 is 5.85. The highest BCUT2D eigenvalue weighted by atomic mass is 32.1. The third kappa shape index (κ3) is 5.87. The average Bonchev–Trinajstić information content (AvgIpc) is 2.85. The summed E-state index contributed by atoms with van der Waals surface area (Å²) in [5, 5.41) is 0. The monoisotopic (exact) mass is 446 g/mol. The molecule has 166 valence electrons. The topological polar surface area (TPSA) is 24.9 Å². The predicted molar refractivity (Wildman–Crippen MR) is 133 cm³/mol. The number of thiocarbonyl (C=S) groups is 1. The Bertz CT molecular complexity index is 1000. The Morgan fingerprint density at radius 3 is 2.09 bits per heavy atom. The van der Waals surface area contributed by atoms with Gasteiger partial charge in [0.25, 0.3) is 0 Å². The van der Waals surface area contributed by atoms with E-state index in [4.69, 9.17) is 21.7 Å². The quantitative estimate of drug-likeness (QED) is 0.445. The maximum Gasteiger partial charge on any atom is 0.161 e. The van der Waals surface area contributed by atoms with Gasteiger partial charge in [-0.2, -0.15) is 0 Å². The van der Waals surface area contributed by atoms with Gasteiger partial charge in [-0.05, 0) is 36.2 Å². The van der Waals surface area contributed by atoms with Gasteiger partial charge in [0.15, 0.2) is 11.5 Å². The summed E-state index contributed by atoms with van der Waals surface area (Å²) in [7, 11) is 0. The summed E-state index contributed by atoms with van der Waals surface area (Å²) in [6.45, 7) is 7.94. The van der Waals surface area contributed by atoms with Crippen molar-refractivity contribution in [3.05, 3.63) is 95.6 Å². The third-order valence-corrected chi connectivity index (χ3v) is 6.13. The Kier molecular flexibility index (Phi) is 7.75. The van der Waals surface area contributed by atoms with Gasteiger partial charge in [-0.15, -0.1) is 0 Å². The Morgan fingerprint density at radius 2 is 1.44 bits per heavy atom. The molecule has 5 heteroatoms. The Labute approximate surface area is 196 Å². The smallest absolute Gasteiger partial charge is 0.161 e. The first-order valence-electron chi connectivity index (χ1n) is 11.2. The minimum Gasteiger partial charge on any atom is -0.490 e. The van der Waals surface area contributed by atoms with Crippen LogP contribution in [-0.4, -0.2) is 47.6 Å². The molecule has 0 spiro atoms. The van der Waals surface area contributed by atoms with Gasteiger partial charge in [-0.1, -0.05) is 72.9 Å². The zero-order valence-electron chi connectivity index (χ0n) is 18.6. The van der Waals surface area contributed by atoms with Crippen LogP contribution in [0.1, 0.15) is 23.6 Å². The fraction of sp³-hybridized carbons (Fsp3) is 0.296. The molecule has 4 nitrogen and oxygen atoms in total. The van der Waals surface area contributed by atoms with Gasteiger partial charge in [0.2, 0.25) is 0 Å². The van der Waals surface area contributed by atoms with E-state index >= 15 is 0 Å². The van der Waals surface area contributed by atoms with Crippen molar-refractivity contribution in [1.29, 1.82) is 0 Å². The van der Waals surface area contributed by atoms with E-state index in [1.54, 1.807) is 0 Å². The molecular formula is C27H30N2O2S. The lowest BCUT2D eigenvalue weighted by Crippen LogP contribution is -2.48. The number of hydrogen-bond acceptors (Lipinski definition) is 4.